The number of para-hydroxylation sites is 1. The highest BCUT2D eigenvalue weighted by molar-refractivity contribution is 8.00. The smallest absolute Gasteiger partial charge is 0.250 e. The SMILES string of the molecule is CC(Sc1ccc(NC(=O)C2CCCCC2)cc1)C(=O)Nc1ccccc1C(N)=O. The number of benzene rings is 2. The number of anilines is 2. The first-order chi connectivity index (χ1) is 14.4. The lowest BCUT2D eigenvalue weighted by Gasteiger charge is -2.20. The second kappa shape index (κ2) is 10.3. The summed E-state index contributed by atoms with van der Waals surface area (Å²) in [6.07, 6.45) is 5.39. The van der Waals surface area contributed by atoms with E-state index in [4.69, 9.17) is 5.73 Å². The molecule has 1 atom stereocenters. The Balaban J connectivity index is 1.55. The molecule has 1 aliphatic carbocycles. The van der Waals surface area contributed by atoms with Crippen LogP contribution >= 0.6 is 11.8 Å². The van der Waals surface area contributed by atoms with Gasteiger partial charge in [-0.3, -0.25) is 14.4 Å². The van der Waals surface area contributed by atoms with Gasteiger partial charge in [0.05, 0.1) is 16.5 Å². The van der Waals surface area contributed by atoms with Gasteiger partial charge in [0.2, 0.25) is 11.8 Å². The Morgan fingerprint density at radius 2 is 1.63 bits per heavy atom. The first kappa shape index (κ1) is 21.9. The lowest BCUT2D eigenvalue weighted by Crippen LogP contribution is -2.25. The second-order valence-electron chi connectivity index (χ2n) is 7.51. The van der Waals surface area contributed by atoms with Crippen LogP contribution in [0.5, 0.6) is 0 Å². The zero-order valence-electron chi connectivity index (χ0n) is 17.0. The van der Waals surface area contributed by atoms with Crippen LogP contribution in [0.2, 0.25) is 0 Å². The van der Waals surface area contributed by atoms with Crippen LogP contribution < -0.4 is 16.4 Å². The topological polar surface area (TPSA) is 101 Å². The first-order valence-corrected chi connectivity index (χ1v) is 11.1. The van der Waals surface area contributed by atoms with Gasteiger partial charge in [0.25, 0.3) is 5.91 Å². The minimum Gasteiger partial charge on any atom is -0.366 e. The number of nitrogens with two attached hydrogens (primary N) is 1. The Hall–Kier alpha value is -2.80. The van der Waals surface area contributed by atoms with Crippen LogP contribution in [0, 0.1) is 5.92 Å². The van der Waals surface area contributed by atoms with E-state index < -0.39 is 5.91 Å². The number of primary amides is 1. The maximum atomic E-state index is 12.5. The molecule has 1 saturated carbocycles. The van der Waals surface area contributed by atoms with Crippen molar-refractivity contribution in [3.63, 3.8) is 0 Å². The molecule has 30 heavy (non-hydrogen) atoms. The average molecular weight is 426 g/mol. The summed E-state index contributed by atoms with van der Waals surface area (Å²) in [6, 6.07) is 14.2. The molecule has 7 heteroatoms. The van der Waals surface area contributed by atoms with E-state index in [-0.39, 0.29) is 28.5 Å². The molecule has 0 aliphatic heterocycles. The Morgan fingerprint density at radius 1 is 0.967 bits per heavy atom. The Bertz CT molecular complexity index is 908. The van der Waals surface area contributed by atoms with E-state index in [1.165, 1.54) is 18.2 Å². The monoisotopic (exact) mass is 425 g/mol. The van der Waals surface area contributed by atoms with Gasteiger partial charge in [-0.05, 0) is 56.2 Å². The van der Waals surface area contributed by atoms with Gasteiger partial charge in [-0.15, -0.1) is 11.8 Å². The van der Waals surface area contributed by atoms with Gasteiger partial charge in [-0.1, -0.05) is 31.4 Å². The minimum absolute atomic E-state index is 0.0935. The summed E-state index contributed by atoms with van der Waals surface area (Å²) in [7, 11) is 0. The third kappa shape index (κ3) is 5.86. The van der Waals surface area contributed by atoms with Crippen molar-refractivity contribution in [2.45, 2.75) is 49.2 Å². The van der Waals surface area contributed by atoms with Crippen molar-refractivity contribution in [3.8, 4) is 0 Å². The van der Waals surface area contributed by atoms with E-state index in [0.717, 1.165) is 36.3 Å². The van der Waals surface area contributed by atoms with Gasteiger partial charge in [-0.25, -0.2) is 0 Å². The number of nitrogens with one attached hydrogen (secondary N) is 2. The van der Waals surface area contributed by atoms with Crippen molar-refractivity contribution in [1.29, 1.82) is 0 Å². The van der Waals surface area contributed by atoms with E-state index >= 15 is 0 Å². The molecule has 0 saturated heterocycles. The Labute approximate surface area is 181 Å². The molecule has 0 heterocycles. The standard InChI is InChI=1S/C23H27N3O3S/c1-15(22(28)26-20-10-6-5-9-19(20)21(24)27)30-18-13-11-17(12-14-18)25-23(29)16-7-3-2-4-8-16/h5-6,9-16H,2-4,7-8H2,1H3,(H2,24,27)(H,25,29)(H,26,28). The van der Waals surface area contributed by atoms with Crippen molar-refractivity contribution in [2.75, 3.05) is 10.6 Å². The van der Waals surface area contributed by atoms with E-state index in [1.807, 2.05) is 24.3 Å². The van der Waals surface area contributed by atoms with E-state index in [9.17, 15) is 14.4 Å². The summed E-state index contributed by atoms with van der Waals surface area (Å²) < 4.78 is 0. The summed E-state index contributed by atoms with van der Waals surface area (Å²) in [5.41, 5.74) is 6.81. The zero-order chi connectivity index (χ0) is 21.5. The summed E-state index contributed by atoms with van der Waals surface area (Å²) in [4.78, 5) is 37.3. The van der Waals surface area contributed by atoms with Gasteiger partial charge in [-0.2, -0.15) is 0 Å². The highest BCUT2D eigenvalue weighted by Crippen LogP contribution is 2.28. The van der Waals surface area contributed by atoms with Gasteiger partial charge in [0.1, 0.15) is 0 Å². The van der Waals surface area contributed by atoms with Crippen molar-refractivity contribution in [2.24, 2.45) is 11.7 Å². The first-order valence-electron chi connectivity index (χ1n) is 10.2. The largest absolute Gasteiger partial charge is 0.366 e. The summed E-state index contributed by atoms with van der Waals surface area (Å²) >= 11 is 1.40. The van der Waals surface area contributed by atoms with Crippen LogP contribution in [0.4, 0.5) is 11.4 Å². The maximum absolute atomic E-state index is 12.5. The Morgan fingerprint density at radius 3 is 2.30 bits per heavy atom. The molecule has 4 N–H and O–H groups in total. The molecule has 0 radical (unpaired) electrons. The van der Waals surface area contributed by atoms with Crippen LogP contribution in [0.1, 0.15) is 49.4 Å². The fraction of sp³-hybridized carbons (Fsp3) is 0.348. The van der Waals surface area contributed by atoms with Crippen molar-refractivity contribution in [1.82, 2.24) is 0 Å². The van der Waals surface area contributed by atoms with Crippen LogP contribution in [0.3, 0.4) is 0 Å². The van der Waals surface area contributed by atoms with Crippen LogP contribution in [0.15, 0.2) is 53.4 Å². The number of rotatable bonds is 7. The molecule has 0 aromatic heterocycles. The zero-order valence-corrected chi connectivity index (χ0v) is 17.8. The van der Waals surface area contributed by atoms with E-state index in [2.05, 4.69) is 10.6 Å². The third-order valence-corrected chi connectivity index (χ3v) is 6.34. The van der Waals surface area contributed by atoms with Crippen molar-refractivity contribution < 1.29 is 14.4 Å². The van der Waals surface area contributed by atoms with Crippen LogP contribution in [-0.4, -0.2) is 23.0 Å². The predicted octanol–water partition coefficient (Wildman–Crippen LogP) is 4.42. The number of carbonyl (C=O) groups excluding carboxylic acids is 3. The quantitative estimate of drug-likeness (QED) is 0.571. The number of hydrogen-bond donors (Lipinski definition) is 3. The fourth-order valence-corrected chi connectivity index (χ4v) is 4.39. The summed E-state index contributed by atoms with van der Waals surface area (Å²) in [5, 5.41) is 5.38. The van der Waals surface area contributed by atoms with Gasteiger partial charge >= 0.3 is 0 Å². The predicted molar refractivity (Wildman–Crippen MR) is 121 cm³/mol. The van der Waals surface area contributed by atoms with Crippen LogP contribution in [0.25, 0.3) is 0 Å². The molecule has 2 aromatic rings. The molecule has 3 amide bonds. The summed E-state index contributed by atoms with van der Waals surface area (Å²) in [6.45, 7) is 1.80. The van der Waals surface area contributed by atoms with Gasteiger partial charge in [0.15, 0.2) is 0 Å². The molecule has 1 fully saturated rings. The molecular weight excluding hydrogens is 398 g/mol. The molecule has 1 unspecified atom stereocenters. The van der Waals surface area contributed by atoms with E-state index in [0.29, 0.717) is 5.69 Å². The minimum atomic E-state index is -0.586. The highest BCUT2D eigenvalue weighted by atomic mass is 32.2. The normalized spacial score (nSPS) is 15.2. The molecule has 1 aliphatic rings. The lowest BCUT2D eigenvalue weighted by atomic mass is 9.88. The fourth-order valence-electron chi connectivity index (χ4n) is 3.52. The molecule has 2 aromatic carbocycles. The number of amides is 3. The molecule has 3 rings (SSSR count). The van der Waals surface area contributed by atoms with Crippen LogP contribution in [-0.2, 0) is 9.59 Å². The maximum Gasteiger partial charge on any atom is 0.250 e. The molecule has 158 valence electrons. The average Bonchev–Trinajstić information content (AvgIpc) is 2.76. The number of carbonyl (C=O) groups is 3. The number of thioether (sulfide) groups is 1. The molecule has 6 nitrogen and oxygen atoms in total. The number of hydrogen-bond acceptors (Lipinski definition) is 4. The molecule has 0 bridgehead atoms. The Kier molecular flexibility index (Phi) is 7.52. The highest BCUT2D eigenvalue weighted by Gasteiger charge is 2.21. The van der Waals surface area contributed by atoms with E-state index in [1.54, 1.807) is 31.2 Å². The van der Waals surface area contributed by atoms with Gasteiger partial charge in [0, 0.05) is 16.5 Å². The lowest BCUT2D eigenvalue weighted by molar-refractivity contribution is -0.120. The summed E-state index contributed by atoms with van der Waals surface area (Å²) in [5.74, 6) is -0.601. The molecule has 0 spiro atoms. The third-order valence-electron chi connectivity index (χ3n) is 5.23. The van der Waals surface area contributed by atoms with Crippen molar-refractivity contribution in [3.05, 3.63) is 54.1 Å². The molecular formula is C23H27N3O3S. The van der Waals surface area contributed by atoms with Gasteiger partial charge < -0.3 is 16.4 Å². The second-order valence-corrected chi connectivity index (χ2v) is 8.92. The van der Waals surface area contributed by atoms with Crippen molar-refractivity contribution >= 4 is 40.9 Å².